The van der Waals surface area contributed by atoms with Gasteiger partial charge in [0.05, 0.1) is 12.7 Å². The zero-order valence-corrected chi connectivity index (χ0v) is 21.2. The number of methoxy groups -OCH3 is 1. The van der Waals surface area contributed by atoms with E-state index >= 15 is 0 Å². The number of nitrogens with one attached hydrogen (secondary N) is 2. The highest BCUT2D eigenvalue weighted by Crippen LogP contribution is 2.22. The van der Waals surface area contributed by atoms with Gasteiger partial charge in [-0.3, -0.25) is 0 Å². The van der Waals surface area contributed by atoms with Gasteiger partial charge in [0.25, 0.3) is 0 Å². The summed E-state index contributed by atoms with van der Waals surface area (Å²) in [6.45, 7) is 5.13. The van der Waals surface area contributed by atoms with Gasteiger partial charge < -0.3 is 24.6 Å². The normalized spacial score (nSPS) is 12.3. The SMILES string of the molecule is COC(=O)c1ccc(COc2ccc(CC(C)(C)NCC(O)COc3cccc4n[nH]nc34)cc2)cc1. The van der Waals surface area contributed by atoms with Crippen molar-refractivity contribution in [3.63, 3.8) is 0 Å². The molecule has 4 rings (SSSR count). The summed E-state index contributed by atoms with van der Waals surface area (Å²) >= 11 is 0. The quantitative estimate of drug-likeness (QED) is 0.250. The Hall–Kier alpha value is -3.95. The number of benzene rings is 3. The summed E-state index contributed by atoms with van der Waals surface area (Å²) in [4.78, 5) is 11.5. The van der Waals surface area contributed by atoms with Crippen LogP contribution in [0.5, 0.6) is 11.5 Å². The van der Waals surface area contributed by atoms with Crippen LogP contribution >= 0.6 is 0 Å². The number of ether oxygens (including phenoxy) is 3. The predicted octanol–water partition coefficient (Wildman–Crippen LogP) is 3.67. The molecule has 0 aliphatic rings. The van der Waals surface area contributed by atoms with Gasteiger partial charge in [-0.25, -0.2) is 4.79 Å². The Kier molecular flexibility index (Phi) is 8.37. The third-order valence-electron chi connectivity index (χ3n) is 5.91. The first kappa shape index (κ1) is 26.1. The number of esters is 1. The van der Waals surface area contributed by atoms with Gasteiger partial charge in [-0.15, -0.1) is 0 Å². The minimum atomic E-state index is -0.682. The molecule has 4 aromatic rings. The van der Waals surface area contributed by atoms with Crippen molar-refractivity contribution in [1.29, 1.82) is 0 Å². The van der Waals surface area contributed by atoms with Crippen molar-refractivity contribution in [2.75, 3.05) is 20.3 Å². The van der Waals surface area contributed by atoms with E-state index in [1.807, 2.05) is 54.6 Å². The molecule has 1 aromatic heterocycles. The molecule has 0 aliphatic heterocycles. The fourth-order valence-corrected chi connectivity index (χ4v) is 3.90. The van der Waals surface area contributed by atoms with Crippen LogP contribution in [-0.4, -0.2) is 58.4 Å². The van der Waals surface area contributed by atoms with Crippen LogP contribution in [0.3, 0.4) is 0 Å². The molecule has 0 aliphatic carbocycles. The molecule has 0 saturated heterocycles. The van der Waals surface area contributed by atoms with E-state index in [2.05, 4.69) is 34.6 Å². The van der Waals surface area contributed by atoms with Crippen LogP contribution in [0.15, 0.2) is 66.7 Å². The lowest BCUT2D eigenvalue weighted by atomic mass is 9.94. The second-order valence-electron chi connectivity index (χ2n) is 9.48. The largest absolute Gasteiger partial charge is 0.489 e. The summed E-state index contributed by atoms with van der Waals surface area (Å²) in [5.74, 6) is 0.996. The number of aliphatic hydroxyl groups excluding tert-OH is 1. The lowest BCUT2D eigenvalue weighted by molar-refractivity contribution is 0.0600. The number of H-pyrrole nitrogens is 1. The number of aromatic amines is 1. The molecular formula is C28H32N4O5. The summed E-state index contributed by atoms with van der Waals surface area (Å²) in [6.07, 6.45) is 0.0903. The average Bonchev–Trinajstić information content (AvgIpc) is 3.40. The minimum absolute atomic E-state index is 0.145. The van der Waals surface area contributed by atoms with E-state index in [0.717, 1.165) is 28.8 Å². The van der Waals surface area contributed by atoms with Crippen molar-refractivity contribution in [3.05, 3.63) is 83.4 Å². The summed E-state index contributed by atoms with van der Waals surface area (Å²) in [6, 6.07) is 20.6. The number of hydrogen-bond donors (Lipinski definition) is 3. The number of aliphatic hydroxyl groups is 1. The highest BCUT2D eigenvalue weighted by Gasteiger charge is 2.20. The van der Waals surface area contributed by atoms with Gasteiger partial charge in [-0.2, -0.15) is 15.4 Å². The van der Waals surface area contributed by atoms with Crippen molar-refractivity contribution in [1.82, 2.24) is 20.7 Å². The number of fused-ring (bicyclic) bond motifs is 1. The van der Waals surface area contributed by atoms with Crippen LogP contribution in [-0.2, 0) is 17.8 Å². The summed E-state index contributed by atoms with van der Waals surface area (Å²) < 4.78 is 16.4. The molecule has 1 atom stereocenters. The molecule has 0 spiro atoms. The van der Waals surface area contributed by atoms with E-state index in [9.17, 15) is 9.90 Å². The average molecular weight is 505 g/mol. The second kappa shape index (κ2) is 11.9. The maximum absolute atomic E-state index is 11.5. The molecule has 1 unspecified atom stereocenters. The number of carbonyl (C=O) groups is 1. The lowest BCUT2D eigenvalue weighted by Gasteiger charge is -2.28. The van der Waals surface area contributed by atoms with E-state index in [4.69, 9.17) is 14.2 Å². The van der Waals surface area contributed by atoms with Gasteiger partial charge >= 0.3 is 5.97 Å². The van der Waals surface area contributed by atoms with Gasteiger partial charge in [0, 0.05) is 12.1 Å². The molecule has 0 radical (unpaired) electrons. The maximum Gasteiger partial charge on any atom is 0.337 e. The number of nitrogens with zero attached hydrogens (tertiary/aromatic N) is 2. The molecule has 9 nitrogen and oxygen atoms in total. The van der Waals surface area contributed by atoms with Crippen LogP contribution in [0.4, 0.5) is 0 Å². The zero-order chi connectivity index (χ0) is 26.3. The second-order valence-corrected chi connectivity index (χ2v) is 9.48. The topological polar surface area (TPSA) is 119 Å². The third-order valence-corrected chi connectivity index (χ3v) is 5.91. The van der Waals surface area contributed by atoms with Crippen molar-refractivity contribution in [2.45, 2.75) is 38.5 Å². The molecule has 1 heterocycles. The highest BCUT2D eigenvalue weighted by atomic mass is 16.5. The highest BCUT2D eigenvalue weighted by molar-refractivity contribution is 5.89. The monoisotopic (exact) mass is 504 g/mol. The predicted molar refractivity (Wildman–Crippen MR) is 140 cm³/mol. The van der Waals surface area contributed by atoms with Gasteiger partial charge in [0.15, 0.2) is 5.52 Å². The molecular weight excluding hydrogens is 472 g/mol. The number of rotatable bonds is 12. The van der Waals surface area contributed by atoms with Gasteiger partial charge in [0.2, 0.25) is 0 Å². The third kappa shape index (κ3) is 7.28. The summed E-state index contributed by atoms with van der Waals surface area (Å²) in [7, 11) is 1.36. The Labute approximate surface area is 215 Å². The number of carbonyl (C=O) groups excluding carboxylic acids is 1. The van der Waals surface area contributed by atoms with E-state index in [-0.39, 0.29) is 18.1 Å². The van der Waals surface area contributed by atoms with Crippen LogP contribution in [0, 0.1) is 0 Å². The molecule has 0 saturated carbocycles. The van der Waals surface area contributed by atoms with Crippen LogP contribution in [0.2, 0.25) is 0 Å². The molecule has 37 heavy (non-hydrogen) atoms. The van der Waals surface area contributed by atoms with Crippen molar-refractivity contribution in [3.8, 4) is 11.5 Å². The first-order chi connectivity index (χ1) is 17.8. The zero-order valence-electron chi connectivity index (χ0n) is 21.2. The van der Waals surface area contributed by atoms with Gasteiger partial charge in [0.1, 0.15) is 36.3 Å². The molecule has 3 N–H and O–H groups in total. The molecule has 3 aromatic carbocycles. The van der Waals surface area contributed by atoms with Crippen molar-refractivity contribution < 1.29 is 24.1 Å². The van der Waals surface area contributed by atoms with Crippen LogP contribution in [0.25, 0.3) is 11.0 Å². The van der Waals surface area contributed by atoms with Crippen molar-refractivity contribution >= 4 is 17.0 Å². The van der Waals surface area contributed by atoms with Gasteiger partial charge in [-0.05, 0) is 67.8 Å². The molecule has 0 bridgehead atoms. The van der Waals surface area contributed by atoms with E-state index in [0.29, 0.717) is 30.0 Å². The Morgan fingerprint density at radius 2 is 1.73 bits per heavy atom. The minimum Gasteiger partial charge on any atom is -0.489 e. The fraction of sp³-hybridized carbons (Fsp3) is 0.321. The molecule has 0 amide bonds. The lowest BCUT2D eigenvalue weighted by Crippen LogP contribution is -2.46. The Bertz CT molecular complexity index is 1300. The van der Waals surface area contributed by atoms with E-state index in [1.54, 1.807) is 12.1 Å². The van der Waals surface area contributed by atoms with Gasteiger partial charge in [-0.1, -0.05) is 30.3 Å². The summed E-state index contributed by atoms with van der Waals surface area (Å²) in [5.41, 5.74) is 3.74. The fourth-order valence-electron chi connectivity index (χ4n) is 3.90. The number of para-hydroxylation sites is 1. The standard InChI is InChI=1S/C28H32N4O5/c1-28(2,29-16-22(33)18-37-25-6-4-5-24-26(25)31-32-30-24)15-19-9-13-23(14-10-19)36-17-20-7-11-21(12-8-20)27(34)35-3/h4-14,22,29,33H,15-18H2,1-3H3,(H,30,31,32). The first-order valence-corrected chi connectivity index (χ1v) is 12.1. The number of aromatic nitrogens is 3. The van der Waals surface area contributed by atoms with Crippen LogP contribution in [0.1, 0.15) is 35.3 Å². The van der Waals surface area contributed by atoms with Crippen LogP contribution < -0.4 is 14.8 Å². The number of hydrogen-bond acceptors (Lipinski definition) is 8. The molecule has 9 heteroatoms. The van der Waals surface area contributed by atoms with Crippen molar-refractivity contribution in [2.24, 2.45) is 0 Å². The first-order valence-electron chi connectivity index (χ1n) is 12.1. The van der Waals surface area contributed by atoms with E-state index in [1.165, 1.54) is 7.11 Å². The van der Waals surface area contributed by atoms with E-state index < -0.39 is 6.10 Å². The summed E-state index contributed by atoms with van der Waals surface area (Å²) in [5, 5.41) is 24.6. The molecule has 0 fully saturated rings. The Balaban J connectivity index is 1.21. The maximum atomic E-state index is 11.5. The molecule has 194 valence electrons. The Morgan fingerprint density at radius 1 is 1.00 bits per heavy atom. The Morgan fingerprint density at radius 3 is 2.46 bits per heavy atom. The smallest absolute Gasteiger partial charge is 0.337 e. The number of β-amino-alcohol motifs (C(OH)–C–C–N with tert-alkyl or cyclic N) is 1.